The van der Waals surface area contributed by atoms with E-state index < -0.39 is 29.7 Å². The van der Waals surface area contributed by atoms with E-state index in [4.69, 9.17) is 10.00 Å². The summed E-state index contributed by atoms with van der Waals surface area (Å²) in [5.74, 6) is 0. The molecule has 2 heterocycles. The molecule has 1 fully saturated rings. The number of hydrogen-bond acceptors (Lipinski definition) is 5. The summed E-state index contributed by atoms with van der Waals surface area (Å²) >= 11 is 0. The van der Waals surface area contributed by atoms with E-state index in [0.717, 1.165) is 0 Å². The molecular formula is C10H11N3O4. The van der Waals surface area contributed by atoms with Gasteiger partial charge in [0.15, 0.2) is 6.10 Å². The molecule has 0 radical (unpaired) electrons. The highest BCUT2D eigenvalue weighted by molar-refractivity contribution is 5.03. The second-order valence-corrected chi connectivity index (χ2v) is 3.92. The van der Waals surface area contributed by atoms with Gasteiger partial charge in [-0.25, -0.2) is 4.79 Å². The molecule has 90 valence electrons. The Balaban J connectivity index is 2.38. The lowest BCUT2D eigenvalue weighted by Crippen LogP contribution is -2.33. The van der Waals surface area contributed by atoms with E-state index in [1.54, 1.807) is 13.0 Å². The largest absolute Gasteiger partial charge is 0.389 e. The van der Waals surface area contributed by atoms with Crippen LogP contribution >= 0.6 is 0 Å². The topological polar surface area (TPSA) is 108 Å². The van der Waals surface area contributed by atoms with Crippen LogP contribution < -0.4 is 11.2 Å². The zero-order valence-electron chi connectivity index (χ0n) is 9.08. The number of nitrogens with one attached hydrogen (secondary N) is 1. The molecule has 0 bridgehead atoms. The zero-order chi connectivity index (χ0) is 12.6. The van der Waals surface area contributed by atoms with Crippen molar-refractivity contribution < 1.29 is 9.84 Å². The van der Waals surface area contributed by atoms with Crippen molar-refractivity contribution in [2.45, 2.75) is 31.8 Å². The summed E-state index contributed by atoms with van der Waals surface area (Å²) in [4.78, 5) is 24.9. The number of H-pyrrole nitrogens is 1. The van der Waals surface area contributed by atoms with E-state index >= 15 is 0 Å². The van der Waals surface area contributed by atoms with Crippen molar-refractivity contribution in [2.24, 2.45) is 0 Å². The monoisotopic (exact) mass is 237 g/mol. The van der Waals surface area contributed by atoms with Gasteiger partial charge in [-0.3, -0.25) is 14.3 Å². The fourth-order valence-corrected chi connectivity index (χ4v) is 1.74. The minimum atomic E-state index is -0.945. The highest BCUT2D eigenvalue weighted by Crippen LogP contribution is 2.26. The number of aliphatic hydroxyl groups is 1. The summed E-state index contributed by atoms with van der Waals surface area (Å²) in [5, 5.41) is 18.2. The third-order valence-electron chi connectivity index (χ3n) is 2.68. The molecule has 1 aromatic heterocycles. The van der Waals surface area contributed by atoms with E-state index in [2.05, 4.69) is 4.98 Å². The molecule has 0 aromatic carbocycles. The molecule has 2 N–H and O–H groups in total. The minimum Gasteiger partial charge on any atom is -0.389 e. The molecule has 7 heteroatoms. The quantitative estimate of drug-likeness (QED) is 0.652. The molecular weight excluding hydrogens is 226 g/mol. The first-order valence-electron chi connectivity index (χ1n) is 5.08. The smallest absolute Gasteiger partial charge is 0.330 e. The third-order valence-corrected chi connectivity index (χ3v) is 2.68. The van der Waals surface area contributed by atoms with Crippen LogP contribution in [0.2, 0.25) is 0 Å². The molecule has 1 aliphatic heterocycles. The van der Waals surface area contributed by atoms with Gasteiger partial charge in [-0.05, 0) is 6.92 Å². The number of ether oxygens (including phenoxy) is 1. The van der Waals surface area contributed by atoms with Gasteiger partial charge in [0.1, 0.15) is 6.23 Å². The van der Waals surface area contributed by atoms with Crippen LogP contribution in [-0.2, 0) is 4.74 Å². The number of nitrogens with zero attached hydrogens (tertiary/aromatic N) is 2. The third kappa shape index (κ3) is 2.00. The molecule has 17 heavy (non-hydrogen) atoms. The number of aliphatic hydroxyl groups excluding tert-OH is 1. The summed E-state index contributed by atoms with van der Waals surface area (Å²) in [6, 6.07) is 1.80. The van der Waals surface area contributed by atoms with Crippen molar-refractivity contribution in [2.75, 3.05) is 0 Å². The Morgan fingerprint density at radius 3 is 2.94 bits per heavy atom. The summed E-state index contributed by atoms with van der Waals surface area (Å²) in [5.41, 5.74) is -0.707. The van der Waals surface area contributed by atoms with Crippen LogP contribution in [0.4, 0.5) is 0 Å². The summed E-state index contributed by atoms with van der Waals surface area (Å²) in [6.07, 6.45) is -1.09. The molecule has 7 nitrogen and oxygen atoms in total. The molecule has 0 spiro atoms. The van der Waals surface area contributed by atoms with Crippen molar-refractivity contribution in [3.05, 3.63) is 32.6 Å². The Bertz CT molecular complexity index is 582. The van der Waals surface area contributed by atoms with Crippen LogP contribution in [0, 0.1) is 18.3 Å². The maximum Gasteiger partial charge on any atom is 0.330 e. The Labute approximate surface area is 95.9 Å². The lowest BCUT2D eigenvalue weighted by atomic mass is 10.2. The maximum absolute atomic E-state index is 11.5. The van der Waals surface area contributed by atoms with E-state index in [0.29, 0.717) is 5.56 Å². The number of aromatic amines is 1. The van der Waals surface area contributed by atoms with E-state index in [1.165, 1.54) is 10.8 Å². The highest BCUT2D eigenvalue weighted by atomic mass is 16.5. The van der Waals surface area contributed by atoms with E-state index in [-0.39, 0.29) is 6.42 Å². The first kappa shape index (κ1) is 11.6. The Morgan fingerprint density at radius 1 is 1.65 bits per heavy atom. The second-order valence-electron chi connectivity index (χ2n) is 3.92. The minimum absolute atomic E-state index is 0.142. The molecule has 0 saturated carbocycles. The first-order chi connectivity index (χ1) is 8.02. The molecule has 1 saturated heterocycles. The number of aromatic nitrogens is 2. The SMILES string of the molecule is Cc1cn(C2CC(O)C(C#N)O2)c(=O)[nH]c1=O. The average Bonchev–Trinajstić information content (AvgIpc) is 2.65. The number of hydrogen-bond donors (Lipinski definition) is 2. The molecule has 1 aromatic rings. The van der Waals surface area contributed by atoms with Crippen molar-refractivity contribution >= 4 is 0 Å². The number of aryl methyl sites for hydroxylation is 1. The molecule has 1 aliphatic rings. The lowest BCUT2D eigenvalue weighted by Gasteiger charge is -2.12. The van der Waals surface area contributed by atoms with Crippen LogP contribution in [0.1, 0.15) is 18.2 Å². The fourth-order valence-electron chi connectivity index (χ4n) is 1.74. The van der Waals surface area contributed by atoms with Gasteiger partial charge in [0.25, 0.3) is 5.56 Å². The fraction of sp³-hybridized carbons (Fsp3) is 0.500. The second kappa shape index (κ2) is 4.16. The summed E-state index contributed by atoms with van der Waals surface area (Å²) < 4.78 is 6.39. The number of rotatable bonds is 1. The van der Waals surface area contributed by atoms with Gasteiger partial charge in [0, 0.05) is 18.2 Å². The predicted octanol–water partition coefficient (Wildman–Crippen LogP) is -0.983. The Kier molecular flexibility index (Phi) is 2.83. The molecule has 2 rings (SSSR count). The van der Waals surface area contributed by atoms with Crippen molar-refractivity contribution in [3.63, 3.8) is 0 Å². The van der Waals surface area contributed by atoms with Gasteiger partial charge < -0.3 is 9.84 Å². The van der Waals surface area contributed by atoms with Gasteiger partial charge in [-0.2, -0.15) is 5.26 Å². The van der Waals surface area contributed by atoms with E-state index in [1.807, 2.05) is 0 Å². The molecule has 3 atom stereocenters. The normalized spacial score (nSPS) is 27.9. The van der Waals surface area contributed by atoms with Crippen LogP contribution in [0.25, 0.3) is 0 Å². The molecule has 3 unspecified atom stereocenters. The van der Waals surface area contributed by atoms with Crippen molar-refractivity contribution in [3.8, 4) is 6.07 Å². The zero-order valence-corrected chi connectivity index (χ0v) is 9.08. The van der Waals surface area contributed by atoms with Gasteiger partial charge in [0.05, 0.1) is 12.2 Å². The van der Waals surface area contributed by atoms with Crippen molar-refractivity contribution in [1.82, 2.24) is 9.55 Å². The van der Waals surface area contributed by atoms with Gasteiger partial charge in [-0.1, -0.05) is 0 Å². The average molecular weight is 237 g/mol. The van der Waals surface area contributed by atoms with Gasteiger partial charge in [0.2, 0.25) is 0 Å². The van der Waals surface area contributed by atoms with Crippen LogP contribution in [0.3, 0.4) is 0 Å². The standard InChI is InChI=1S/C10H11N3O4/c1-5-4-13(10(16)12-9(5)15)8-2-6(14)7(3-11)17-8/h4,6-8,14H,2H2,1H3,(H,12,15,16). The van der Waals surface area contributed by atoms with Crippen LogP contribution in [-0.4, -0.2) is 26.9 Å². The van der Waals surface area contributed by atoms with Crippen LogP contribution in [0.5, 0.6) is 0 Å². The maximum atomic E-state index is 11.5. The van der Waals surface area contributed by atoms with Crippen molar-refractivity contribution in [1.29, 1.82) is 5.26 Å². The summed E-state index contributed by atoms with van der Waals surface area (Å²) in [6.45, 7) is 1.56. The Morgan fingerprint density at radius 2 is 2.35 bits per heavy atom. The lowest BCUT2D eigenvalue weighted by molar-refractivity contribution is 0.00855. The number of nitriles is 1. The van der Waals surface area contributed by atoms with E-state index in [9.17, 15) is 14.7 Å². The predicted molar refractivity (Wildman–Crippen MR) is 56.2 cm³/mol. The first-order valence-corrected chi connectivity index (χ1v) is 5.08. The van der Waals surface area contributed by atoms with Gasteiger partial charge in [-0.15, -0.1) is 0 Å². The highest BCUT2D eigenvalue weighted by Gasteiger charge is 2.35. The summed E-state index contributed by atoms with van der Waals surface area (Å²) in [7, 11) is 0. The molecule has 0 amide bonds. The molecule has 0 aliphatic carbocycles. The van der Waals surface area contributed by atoms with Crippen LogP contribution in [0.15, 0.2) is 15.8 Å². The van der Waals surface area contributed by atoms with Gasteiger partial charge >= 0.3 is 5.69 Å². The Hall–Kier alpha value is -1.91.